The van der Waals surface area contributed by atoms with Gasteiger partial charge in [-0.3, -0.25) is 14.4 Å². The molecule has 7 nitrogen and oxygen atoms in total. The second-order valence-corrected chi connectivity index (χ2v) is 6.33. The van der Waals surface area contributed by atoms with Crippen LogP contribution >= 0.6 is 0 Å². The summed E-state index contributed by atoms with van der Waals surface area (Å²) in [6.45, 7) is 4.87. The van der Waals surface area contributed by atoms with E-state index in [2.05, 4.69) is 15.7 Å². The van der Waals surface area contributed by atoms with Crippen LogP contribution in [0.5, 0.6) is 0 Å². The van der Waals surface area contributed by atoms with Gasteiger partial charge in [0, 0.05) is 18.3 Å². The van der Waals surface area contributed by atoms with Crippen LogP contribution in [-0.4, -0.2) is 27.4 Å². The van der Waals surface area contributed by atoms with Crippen LogP contribution in [0, 0.1) is 13.8 Å². The monoisotopic (exact) mass is 376 g/mol. The van der Waals surface area contributed by atoms with Crippen LogP contribution in [-0.2, 0) is 9.59 Å². The maximum absolute atomic E-state index is 12.7. The summed E-state index contributed by atoms with van der Waals surface area (Å²) in [5, 5.41) is 9.63. The van der Waals surface area contributed by atoms with Gasteiger partial charge in [-0.25, -0.2) is 4.68 Å². The SMILES string of the molecule is CC(=O)Nc1ccc(NC(=O)C(=O)c2c(C)nn(-c3ccccc3)c2C)cc1. The van der Waals surface area contributed by atoms with Gasteiger partial charge in [0.2, 0.25) is 5.91 Å². The Bertz CT molecular complexity index is 1040. The number of ketones is 1. The zero-order valence-electron chi connectivity index (χ0n) is 15.8. The Morgan fingerprint density at radius 1 is 0.857 bits per heavy atom. The third-order valence-electron chi connectivity index (χ3n) is 4.19. The summed E-state index contributed by atoms with van der Waals surface area (Å²) in [6.07, 6.45) is 0. The van der Waals surface area contributed by atoms with Crippen LogP contribution in [0.3, 0.4) is 0 Å². The Labute approximate surface area is 162 Å². The molecule has 0 radical (unpaired) electrons. The molecule has 0 aliphatic carbocycles. The summed E-state index contributed by atoms with van der Waals surface area (Å²) in [6, 6.07) is 15.9. The number of rotatable bonds is 5. The topological polar surface area (TPSA) is 93.1 Å². The van der Waals surface area contributed by atoms with Crippen molar-refractivity contribution in [3.63, 3.8) is 0 Å². The van der Waals surface area contributed by atoms with Crippen molar-refractivity contribution in [2.24, 2.45) is 0 Å². The molecule has 7 heteroatoms. The molecule has 3 rings (SSSR count). The molecular weight excluding hydrogens is 356 g/mol. The Morgan fingerprint density at radius 2 is 1.43 bits per heavy atom. The fourth-order valence-electron chi connectivity index (χ4n) is 2.93. The molecule has 142 valence electrons. The Hall–Kier alpha value is -3.74. The lowest BCUT2D eigenvalue weighted by atomic mass is 10.1. The van der Waals surface area contributed by atoms with Gasteiger partial charge in [0.1, 0.15) is 0 Å². The molecule has 28 heavy (non-hydrogen) atoms. The second kappa shape index (κ2) is 7.87. The van der Waals surface area contributed by atoms with Crippen LogP contribution in [0.15, 0.2) is 54.6 Å². The van der Waals surface area contributed by atoms with Gasteiger partial charge < -0.3 is 10.6 Å². The number of aryl methyl sites for hydroxylation is 1. The number of aromatic nitrogens is 2. The van der Waals surface area contributed by atoms with E-state index in [9.17, 15) is 14.4 Å². The highest BCUT2D eigenvalue weighted by Crippen LogP contribution is 2.20. The highest BCUT2D eigenvalue weighted by molar-refractivity contribution is 6.47. The lowest BCUT2D eigenvalue weighted by molar-refractivity contribution is -0.114. The van der Waals surface area contributed by atoms with E-state index in [1.807, 2.05) is 30.3 Å². The van der Waals surface area contributed by atoms with Crippen LogP contribution in [0.25, 0.3) is 5.69 Å². The first kappa shape index (κ1) is 19.0. The molecule has 1 aromatic heterocycles. The van der Waals surface area contributed by atoms with Gasteiger partial charge in [0.05, 0.1) is 22.6 Å². The average molecular weight is 376 g/mol. The fourth-order valence-corrected chi connectivity index (χ4v) is 2.93. The van der Waals surface area contributed by atoms with Crippen LogP contribution in [0.1, 0.15) is 28.7 Å². The maximum Gasteiger partial charge on any atom is 0.296 e. The van der Waals surface area contributed by atoms with Crippen molar-refractivity contribution in [3.8, 4) is 5.69 Å². The van der Waals surface area contributed by atoms with Gasteiger partial charge in [-0.05, 0) is 50.2 Å². The van der Waals surface area contributed by atoms with Crippen molar-refractivity contribution in [3.05, 3.63) is 71.5 Å². The van der Waals surface area contributed by atoms with E-state index in [1.54, 1.807) is 42.8 Å². The van der Waals surface area contributed by atoms with E-state index in [1.165, 1.54) is 6.92 Å². The van der Waals surface area contributed by atoms with Crippen molar-refractivity contribution < 1.29 is 14.4 Å². The molecule has 3 aromatic rings. The summed E-state index contributed by atoms with van der Waals surface area (Å²) >= 11 is 0. The standard InChI is InChI=1S/C21H20N4O3/c1-13-19(14(2)25(24-13)18-7-5-4-6-8-18)20(27)21(28)23-17-11-9-16(10-12-17)22-15(3)26/h4-12H,1-3H3,(H,22,26)(H,23,28). The summed E-state index contributed by atoms with van der Waals surface area (Å²) in [7, 11) is 0. The molecule has 0 atom stereocenters. The predicted molar refractivity (Wildman–Crippen MR) is 107 cm³/mol. The van der Waals surface area contributed by atoms with Crippen molar-refractivity contribution in [1.29, 1.82) is 0 Å². The molecule has 0 saturated carbocycles. The quantitative estimate of drug-likeness (QED) is 0.528. The van der Waals surface area contributed by atoms with E-state index < -0.39 is 11.7 Å². The van der Waals surface area contributed by atoms with Crippen LogP contribution in [0.4, 0.5) is 11.4 Å². The van der Waals surface area contributed by atoms with E-state index in [0.717, 1.165) is 5.69 Å². The molecule has 0 unspecified atom stereocenters. The van der Waals surface area contributed by atoms with Crippen molar-refractivity contribution in [1.82, 2.24) is 9.78 Å². The van der Waals surface area contributed by atoms with E-state index in [-0.39, 0.29) is 11.5 Å². The third-order valence-corrected chi connectivity index (χ3v) is 4.19. The number of Topliss-reactive ketones (excluding diaryl/α,β-unsaturated/α-hetero) is 1. The van der Waals surface area contributed by atoms with Gasteiger partial charge in [0.25, 0.3) is 11.7 Å². The molecular formula is C21H20N4O3. The Balaban J connectivity index is 1.79. The van der Waals surface area contributed by atoms with E-state index >= 15 is 0 Å². The maximum atomic E-state index is 12.7. The highest BCUT2D eigenvalue weighted by atomic mass is 16.2. The largest absolute Gasteiger partial charge is 0.326 e. The molecule has 0 fully saturated rings. The number of amides is 2. The zero-order chi connectivity index (χ0) is 20.3. The smallest absolute Gasteiger partial charge is 0.296 e. The van der Waals surface area contributed by atoms with Gasteiger partial charge in [0.15, 0.2) is 0 Å². The lowest BCUT2D eigenvalue weighted by Crippen LogP contribution is -2.24. The molecule has 0 aliphatic rings. The van der Waals surface area contributed by atoms with Crippen molar-refractivity contribution in [2.45, 2.75) is 20.8 Å². The predicted octanol–water partition coefficient (Wildman–Crippen LogP) is 3.27. The number of nitrogens with zero attached hydrogens (tertiary/aromatic N) is 2. The number of anilines is 2. The van der Waals surface area contributed by atoms with Gasteiger partial charge in [-0.2, -0.15) is 5.10 Å². The molecule has 2 amide bonds. The summed E-state index contributed by atoms with van der Waals surface area (Å²) in [5.74, 6) is -1.58. The van der Waals surface area contributed by atoms with E-state index in [0.29, 0.717) is 22.8 Å². The Morgan fingerprint density at radius 3 is 2.00 bits per heavy atom. The first-order valence-electron chi connectivity index (χ1n) is 8.72. The minimum atomic E-state index is -0.744. The van der Waals surface area contributed by atoms with Gasteiger partial charge >= 0.3 is 0 Å². The lowest BCUT2D eigenvalue weighted by Gasteiger charge is -2.07. The number of para-hydroxylation sites is 1. The van der Waals surface area contributed by atoms with Gasteiger partial charge in [-0.1, -0.05) is 18.2 Å². The summed E-state index contributed by atoms with van der Waals surface area (Å²) in [5.41, 5.74) is 3.26. The van der Waals surface area contributed by atoms with Crippen molar-refractivity contribution >= 4 is 29.0 Å². The van der Waals surface area contributed by atoms with Crippen molar-refractivity contribution in [2.75, 3.05) is 10.6 Å². The molecule has 0 aliphatic heterocycles. The number of nitrogens with one attached hydrogen (secondary N) is 2. The first-order valence-corrected chi connectivity index (χ1v) is 8.72. The molecule has 1 heterocycles. The van der Waals surface area contributed by atoms with Crippen LogP contribution in [0.2, 0.25) is 0 Å². The summed E-state index contributed by atoms with van der Waals surface area (Å²) in [4.78, 5) is 36.2. The fraction of sp³-hybridized carbons (Fsp3) is 0.143. The number of carbonyl (C=O) groups is 3. The normalized spacial score (nSPS) is 10.4. The average Bonchev–Trinajstić information content (AvgIpc) is 2.97. The number of hydrogen-bond acceptors (Lipinski definition) is 4. The van der Waals surface area contributed by atoms with E-state index in [4.69, 9.17) is 0 Å². The van der Waals surface area contributed by atoms with Crippen LogP contribution < -0.4 is 10.6 Å². The third kappa shape index (κ3) is 3.98. The highest BCUT2D eigenvalue weighted by Gasteiger charge is 2.25. The minimum Gasteiger partial charge on any atom is -0.326 e. The molecule has 0 saturated heterocycles. The number of benzene rings is 2. The summed E-state index contributed by atoms with van der Waals surface area (Å²) < 4.78 is 1.65. The second-order valence-electron chi connectivity index (χ2n) is 6.33. The van der Waals surface area contributed by atoms with Gasteiger partial charge in [-0.15, -0.1) is 0 Å². The molecule has 0 bridgehead atoms. The number of carbonyl (C=O) groups excluding carboxylic acids is 3. The number of hydrogen-bond donors (Lipinski definition) is 2. The first-order chi connectivity index (χ1) is 13.4. The molecule has 2 aromatic carbocycles. The minimum absolute atomic E-state index is 0.187. The molecule has 2 N–H and O–H groups in total. The Kier molecular flexibility index (Phi) is 5.35. The zero-order valence-corrected chi connectivity index (χ0v) is 15.8. The molecule has 0 spiro atoms.